The van der Waals surface area contributed by atoms with Gasteiger partial charge in [0.05, 0.1) is 23.3 Å². The molecule has 0 N–H and O–H groups in total. The number of nitrogens with zero attached hydrogens (tertiary/aromatic N) is 2. The molecule has 132 valence electrons. The molecule has 0 spiro atoms. The van der Waals surface area contributed by atoms with E-state index in [0.29, 0.717) is 17.0 Å². The molecule has 25 heavy (non-hydrogen) atoms. The minimum absolute atomic E-state index is 0.0505. The monoisotopic (exact) mass is 348 g/mol. The number of hydrogen-bond acceptors (Lipinski definition) is 6. The first kappa shape index (κ1) is 18.2. The first-order valence-electron chi connectivity index (χ1n) is 7.28. The zero-order chi connectivity index (χ0) is 18.6. The van der Waals surface area contributed by atoms with Crippen molar-refractivity contribution < 1.29 is 23.6 Å². The Hall–Kier alpha value is -3.16. The lowest BCUT2D eigenvalue weighted by molar-refractivity contribution is -0.384. The number of benzene rings is 2. The molecule has 0 aliphatic carbocycles. The zero-order valence-electron chi connectivity index (χ0n) is 14.0. The van der Waals surface area contributed by atoms with E-state index in [-0.39, 0.29) is 17.9 Å². The van der Waals surface area contributed by atoms with Crippen LogP contribution in [0.2, 0.25) is 0 Å². The molecule has 0 bridgehead atoms. The molecule has 2 aromatic rings. The molecule has 0 aliphatic heterocycles. The molecule has 0 saturated carbocycles. The largest absolute Gasteiger partial charge is 0.496 e. The van der Waals surface area contributed by atoms with Crippen LogP contribution in [0.5, 0.6) is 5.75 Å². The number of methoxy groups -OCH3 is 1. The molecule has 0 atom stereocenters. The number of rotatable bonds is 6. The molecule has 2 rings (SSSR count). The van der Waals surface area contributed by atoms with Gasteiger partial charge in [-0.1, -0.05) is 0 Å². The average molecular weight is 348 g/mol. The molecule has 0 unspecified atom stereocenters. The van der Waals surface area contributed by atoms with Gasteiger partial charge < -0.3 is 14.4 Å². The number of halogens is 1. The summed E-state index contributed by atoms with van der Waals surface area (Å²) in [6, 6.07) is 7.79. The second-order valence-corrected chi connectivity index (χ2v) is 5.39. The Balaban J connectivity index is 2.27. The third-order valence-corrected chi connectivity index (χ3v) is 3.49. The van der Waals surface area contributed by atoms with E-state index in [9.17, 15) is 19.3 Å². The Morgan fingerprint density at radius 2 is 1.96 bits per heavy atom. The highest BCUT2D eigenvalue weighted by Crippen LogP contribution is 2.26. The Morgan fingerprint density at radius 3 is 2.56 bits per heavy atom. The summed E-state index contributed by atoms with van der Waals surface area (Å²) in [6.07, 6.45) is 0. The minimum atomic E-state index is -0.751. The molecule has 0 fully saturated rings. The van der Waals surface area contributed by atoms with E-state index in [1.807, 2.05) is 0 Å². The molecule has 0 heterocycles. The van der Waals surface area contributed by atoms with E-state index in [2.05, 4.69) is 0 Å². The van der Waals surface area contributed by atoms with E-state index >= 15 is 0 Å². The summed E-state index contributed by atoms with van der Waals surface area (Å²) in [5.74, 6) is -0.865. The van der Waals surface area contributed by atoms with Crippen LogP contribution in [0.3, 0.4) is 0 Å². The van der Waals surface area contributed by atoms with Gasteiger partial charge in [0, 0.05) is 31.8 Å². The SMILES string of the molecule is COc1ccc(F)cc1COC(=O)c1cc([N+](=O)[O-])ccc1N(C)C. The van der Waals surface area contributed by atoms with Gasteiger partial charge in [0.1, 0.15) is 18.2 Å². The van der Waals surface area contributed by atoms with Crippen molar-refractivity contribution in [1.29, 1.82) is 0 Å². The summed E-state index contributed by atoms with van der Waals surface area (Å²) in [5, 5.41) is 10.9. The highest BCUT2D eigenvalue weighted by molar-refractivity contribution is 5.96. The van der Waals surface area contributed by atoms with E-state index in [4.69, 9.17) is 9.47 Å². The summed E-state index contributed by atoms with van der Waals surface area (Å²) in [4.78, 5) is 24.4. The van der Waals surface area contributed by atoms with Crippen molar-refractivity contribution in [3.63, 3.8) is 0 Å². The van der Waals surface area contributed by atoms with Gasteiger partial charge >= 0.3 is 5.97 Å². The van der Waals surface area contributed by atoms with Crippen molar-refractivity contribution in [3.05, 3.63) is 63.5 Å². The van der Waals surface area contributed by atoms with Crippen molar-refractivity contribution in [3.8, 4) is 5.75 Å². The molecule has 0 aromatic heterocycles. The predicted molar refractivity (Wildman–Crippen MR) is 89.5 cm³/mol. The molecule has 7 nitrogen and oxygen atoms in total. The second kappa shape index (κ2) is 7.61. The molecule has 0 radical (unpaired) electrons. The first-order chi connectivity index (χ1) is 11.8. The van der Waals surface area contributed by atoms with Crippen molar-refractivity contribution in [2.24, 2.45) is 0 Å². The molecule has 0 aliphatic rings. The number of carbonyl (C=O) groups is 1. The van der Waals surface area contributed by atoms with Gasteiger partial charge in [0.15, 0.2) is 0 Å². The number of carbonyl (C=O) groups excluding carboxylic acids is 1. The lowest BCUT2D eigenvalue weighted by Gasteiger charge is -2.17. The van der Waals surface area contributed by atoms with Gasteiger partial charge in [-0.3, -0.25) is 10.1 Å². The van der Waals surface area contributed by atoms with Crippen LogP contribution in [0.15, 0.2) is 36.4 Å². The van der Waals surface area contributed by atoms with E-state index < -0.39 is 16.7 Å². The maximum Gasteiger partial charge on any atom is 0.340 e. The second-order valence-electron chi connectivity index (χ2n) is 5.39. The third kappa shape index (κ3) is 4.23. The van der Waals surface area contributed by atoms with E-state index in [1.54, 1.807) is 19.0 Å². The number of esters is 1. The number of anilines is 1. The lowest BCUT2D eigenvalue weighted by atomic mass is 10.1. The van der Waals surface area contributed by atoms with Gasteiger partial charge in [0.25, 0.3) is 5.69 Å². The number of non-ortho nitro benzene ring substituents is 1. The van der Waals surface area contributed by atoms with E-state index in [1.165, 1.54) is 37.4 Å². The van der Waals surface area contributed by atoms with Crippen LogP contribution in [0.4, 0.5) is 15.8 Å². The zero-order valence-corrected chi connectivity index (χ0v) is 14.0. The fourth-order valence-electron chi connectivity index (χ4n) is 2.27. The predicted octanol–water partition coefficient (Wildman–Crippen LogP) is 3.17. The van der Waals surface area contributed by atoms with Crippen LogP contribution in [0.1, 0.15) is 15.9 Å². The average Bonchev–Trinajstić information content (AvgIpc) is 2.59. The quantitative estimate of drug-likeness (QED) is 0.453. The van der Waals surface area contributed by atoms with Gasteiger partial charge in [0.2, 0.25) is 0 Å². The van der Waals surface area contributed by atoms with Crippen LogP contribution in [0.25, 0.3) is 0 Å². The Bertz CT molecular complexity index is 808. The van der Waals surface area contributed by atoms with Gasteiger partial charge in [-0.2, -0.15) is 0 Å². The first-order valence-corrected chi connectivity index (χ1v) is 7.28. The molecule has 8 heteroatoms. The normalized spacial score (nSPS) is 10.2. The fourth-order valence-corrected chi connectivity index (χ4v) is 2.27. The Labute approximate surface area is 143 Å². The van der Waals surface area contributed by atoms with Crippen molar-refractivity contribution in [2.45, 2.75) is 6.61 Å². The number of nitro groups is 1. The molecule has 2 aromatic carbocycles. The maximum absolute atomic E-state index is 13.4. The van der Waals surface area contributed by atoms with Gasteiger partial charge in [-0.05, 0) is 24.3 Å². The maximum atomic E-state index is 13.4. The summed E-state index contributed by atoms with van der Waals surface area (Å²) >= 11 is 0. The van der Waals surface area contributed by atoms with Crippen LogP contribution in [0, 0.1) is 15.9 Å². The summed E-state index contributed by atoms with van der Waals surface area (Å²) in [6.45, 7) is -0.227. The highest BCUT2D eigenvalue weighted by atomic mass is 19.1. The van der Waals surface area contributed by atoms with Crippen LogP contribution >= 0.6 is 0 Å². The van der Waals surface area contributed by atoms with Crippen molar-refractivity contribution >= 4 is 17.3 Å². The summed E-state index contributed by atoms with van der Waals surface area (Å²) in [7, 11) is 4.82. The summed E-state index contributed by atoms with van der Waals surface area (Å²) in [5.41, 5.74) is 0.657. The molecular formula is C17H17FN2O5. The molecule has 0 amide bonds. The molecule has 0 saturated heterocycles. The van der Waals surface area contributed by atoms with Crippen molar-refractivity contribution in [1.82, 2.24) is 0 Å². The number of ether oxygens (including phenoxy) is 2. The fraction of sp³-hybridized carbons (Fsp3) is 0.235. The van der Waals surface area contributed by atoms with Crippen LogP contribution in [-0.4, -0.2) is 32.1 Å². The van der Waals surface area contributed by atoms with Gasteiger partial charge in [-0.15, -0.1) is 0 Å². The topological polar surface area (TPSA) is 81.9 Å². The van der Waals surface area contributed by atoms with Crippen LogP contribution < -0.4 is 9.64 Å². The van der Waals surface area contributed by atoms with Gasteiger partial charge in [-0.25, -0.2) is 9.18 Å². The highest BCUT2D eigenvalue weighted by Gasteiger charge is 2.20. The van der Waals surface area contributed by atoms with E-state index in [0.717, 1.165) is 6.07 Å². The number of nitro benzene ring substituents is 1. The standard InChI is InChI=1S/C17H17FN2O5/c1-19(2)15-6-5-13(20(22)23)9-14(15)17(21)25-10-11-8-12(18)4-7-16(11)24-3/h4-9H,10H2,1-3H3. The minimum Gasteiger partial charge on any atom is -0.496 e. The lowest BCUT2D eigenvalue weighted by Crippen LogP contribution is -2.16. The van der Waals surface area contributed by atoms with Crippen LogP contribution in [-0.2, 0) is 11.3 Å². The Morgan fingerprint density at radius 1 is 1.24 bits per heavy atom. The number of hydrogen-bond donors (Lipinski definition) is 0. The van der Waals surface area contributed by atoms with Crippen molar-refractivity contribution in [2.75, 3.05) is 26.1 Å². The third-order valence-electron chi connectivity index (χ3n) is 3.49. The Kier molecular flexibility index (Phi) is 5.53. The molecular weight excluding hydrogens is 331 g/mol. The smallest absolute Gasteiger partial charge is 0.340 e. The summed E-state index contributed by atoms with van der Waals surface area (Å²) < 4.78 is 23.7.